The maximum Gasteiger partial charge on any atom is 0.193 e. The lowest BCUT2D eigenvalue weighted by atomic mass is 9.51. The van der Waals surface area contributed by atoms with Crippen LogP contribution in [0.25, 0.3) is 0 Å². The quantitative estimate of drug-likeness (QED) is 0.341. The molecule has 3 unspecified atom stereocenters. The standard InChI is InChI=1S/C30H56O5Si2/c1-19-21-18-30(31,22(25(19)32-11)17-29(21,9)10)24-16-23(34-36(12,13)27(3,4)5)26(20(2)33-24)35-37(14,15)28(6,7)8/h16,20-23,26,31H,17-18H2,1-15H3/t20-,21?,22?,23-,26-,30?/m0/s1. The molecule has 0 saturated heterocycles. The summed E-state index contributed by atoms with van der Waals surface area (Å²) in [5.41, 5.74) is 0.261. The van der Waals surface area contributed by atoms with E-state index >= 15 is 0 Å². The van der Waals surface area contributed by atoms with Crippen molar-refractivity contribution in [3.63, 3.8) is 0 Å². The van der Waals surface area contributed by atoms with Crippen LogP contribution in [0.4, 0.5) is 0 Å². The highest BCUT2D eigenvalue weighted by molar-refractivity contribution is 6.74. The summed E-state index contributed by atoms with van der Waals surface area (Å²) in [6, 6.07) is 0. The van der Waals surface area contributed by atoms with E-state index in [1.54, 1.807) is 7.11 Å². The van der Waals surface area contributed by atoms with E-state index in [1.807, 2.05) is 0 Å². The summed E-state index contributed by atoms with van der Waals surface area (Å²) in [5, 5.41) is 12.5. The lowest BCUT2D eigenvalue weighted by Gasteiger charge is -2.57. The Kier molecular flexibility index (Phi) is 7.94. The predicted octanol–water partition coefficient (Wildman–Crippen LogP) is 7.79. The Hall–Kier alpha value is -0.606. The van der Waals surface area contributed by atoms with Crippen molar-refractivity contribution in [3.8, 4) is 0 Å². The number of rotatable bonds is 6. The van der Waals surface area contributed by atoms with Gasteiger partial charge in [0, 0.05) is 0 Å². The molecular formula is C30H56O5Si2. The number of methoxy groups -OCH3 is 1. The minimum atomic E-state index is -2.14. The van der Waals surface area contributed by atoms with Gasteiger partial charge in [0.1, 0.15) is 29.3 Å². The van der Waals surface area contributed by atoms with Crippen LogP contribution < -0.4 is 0 Å². The molecule has 4 rings (SSSR count). The molecule has 6 atom stereocenters. The molecule has 3 aliphatic carbocycles. The molecule has 0 amide bonds. The van der Waals surface area contributed by atoms with E-state index in [-0.39, 0.29) is 45.6 Å². The Morgan fingerprint density at radius 1 is 0.919 bits per heavy atom. The van der Waals surface area contributed by atoms with Crippen LogP contribution in [-0.2, 0) is 18.3 Å². The molecule has 1 N–H and O–H groups in total. The molecule has 0 aromatic rings. The monoisotopic (exact) mass is 552 g/mol. The second-order valence-electron chi connectivity index (χ2n) is 15.7. The molecule has 0 spiro atoms. The summed E-state index contributed by atoms with van der Waals surface area (Å²) in [5.74, 6) is 1.67. The lowest BCUT2D eigenvalue weighted by Crippen LogP contribution is -2.60. The van der Waals surface area contributed by atoms with Gasteiger partial charge in [-0.15, -0.1) is 0 Å². The van der Waals surface area contributed by atoms with E-state index in [0.717, 1.165) is 12.2 Å². The van der Waals surface area contributed by atoms with Gasteiger partial charge < -0.3 is 23.4 Å². The number of hydrogen-bond acceptors (Lipinski definition) is 5. The normalized spacial score (nSPS) is 34.8. The first-order chi connectivity index (χ1) is 16.5. The van der Waals surface area contributed by atoms with Crippen molar-refractivity contribution < 1.29 is 23.4 Å². The molecule has 5 nitrogen and oxygen atoms in total. The average Bonchev–Trinajstić information content (AvgIpc) is 2.70. The predicted molar refractivity (Wildman–Crippen MR) is 157 cm³/mol. The molecule has 1 saturated carbocycles. The van der Waals surface area contributed by atoms with Crippen molar-refractivity contribution in [2.24, 2.45) is 17.3 Å². The van der Waals surface area contributed by atoms with Gasteiger partial charge in [-0.2, -0.15) is 0 Å². The van der Waals surface area contributed by atoms with Crippen molar-refractivity contribution in [2.75, 3.05) is 7.11 Å². The average molecular weight is 553 g/mol. The van der Waals surface area contributed by atoms with Crippen molar-refractivity contribution >= 4 is 16.6 Å². The highest BCUT2D eigenvalue weighted by Gasteiger charge is 2.61. The van der Waals surface area contributed by atoms with Gasteiger partial charge in [0.2, 0.25) is 0 Å². The van der Waals surface area contributed by atoms with Gasteiger partial charge in [0.25, 0.3) is 0 Å². The van der Waals surface area contributed by atoms with E-state index in [2.05, 4.69) is 102 Å². The van der Waals surface area contributed by atoms with Gasteiger partial charge in [0.05, 0.1) is 19.1 Å². The van der Waals surface area contributed by atoms with Crippen LogP contribution in [0.15, 0.2) is 23.2 Å². The largest absolute Gasteiger partial charge is 0.501 e. The summed E-state index contributed by atoms with van der Waals surface area (Å²) in [6.45, 7) is 31.6. The van der Waals surface area contributed by atoms with Crippen molar-refractivity contribution in [2.45, 2.75) is 142 Å². The number of allylic oxidation sites excluding steroid dienone is 1. The fourth-order valence-corrected chi connectivity index (χ4v) is 8.60. The van der Waals surface area contributed by atoms with Crippen LogP contribution in [0.2, 0.25) is 36.3 Å². The second-order valence-corrected chi connectivity index (χ2v) is 25.2. The molecule has 4 aliphatic rings. The topological polar surface area (TPSA) is 57.2 Å². The molecule has 1 aliphatic heterocycles. The van der Waals surface area contributed by atoms with Gasteiger partial charge in [-0.1, -0.05) is 55.4 Å². The summed E-state index contributed by atoms with van der Waals surface area (Å²) < 4.78 is 26.6. The lowest BCUT2D eigenvalue weighted by molar-refractivity contribution is -0.145. The smallest absolute Gasteiger partial charge is 0.193 e. The zero-order valence-corrected chi connectivity index (χ0v) is 28.5. The Morgan fingerprint density at radius 2 is 1.43 bits per heavy atom. The summed E-state index contributed by atoms with van der Waals surface area (Å²) in [6.07, 6.45) is 2.84. The molecule has 2 bridgehead atoms. The van der Waals surface area contributed by atoms with Crippen LogP contribution in [0, 0.1) is 17.3 Å². The SMILES string of the molecule is COC1=C(C)C2CC(O)(C3=C[C@H](O[Si](C)(C)C(C)(C)C)[C@@H](O[Si](C)(C)C(C)(C)C)[C@H](C)O3)C1CC2(C)C. The maximum atomic E-state index is 12.4. The molecule has 1 fully saturated rings. The summed E-state index contributed by atoms with van der Waals surface area (Å²) in [7, 11) is -2.50. The van der Waals surface area contributed by atoms with E-state index in [9.17, 15) is 5.11 Å². The fraction of sp³-hybridized carbons (Fsp3) is 0.867. The van der Waals surface area contributed by atoms with Gasteiger partial charge in [0.15, 0.2) is 16.6 Å². The fourth-order valence-electron chi connectivity index (χ4n) is 6.00. The van der Waals surface area contributed by atoms with Gasteiger partial charge in [-0.05, 0) is 85.9 Å². The number of aliphatic hydroxyl groups is 1. The Balaban J connectivity index is 2.08. The van der Waals surface area contributed by atoms with E-state index in [0.29, 0.717) is 12.2 Å². The molecule has 0 radical (unpaired) electrons. The first-order valence-electron chi connectivity index (χ1n) is 14.2. The number of ether oxygens (including phenoxy) is 2. The molecule has 1 heterocycles. The molecular weight excluding hydrogens is 496 g/mol. The van der Waals surface area contributed by atoms with Crippen LogP contribution in [0.5, 0.6) is 0 Å². The van der Waals surface area contributed by atoms with Crippen LogP contribution in [-0.4, -0.2) is 52.8 Å². The highest BCUT2D eigenvalue weighted by atomic mass is 28.4. The summed E-state index contributed by atoms with van der Waals surface area (Å²) in [4.78, 5) is 0. The van der Waals surface area contributed by atoms with E-state index in [1.165, 1.54) is 5.57 Å². The summed E-state index contributed by atoms with van der Waals surface area (Å²) >= 11 is 0. The van der Waals surface area contributed by atoms with Crippen molar-refractivity contribution in [1.29, 1.82) is 0 Å². The van der Waals surface area contributed by atoms with Gasteiger partial charge in [-0.25, -0.2) is 0 Å². The molecule has 0 aromatic heterocycles. The Bertz CT molecular complexity index is 937. The van der Waals surface area contributed by atoms with Gasteiger partial charge >= 0.3 is 0 Å². The van der Waals surface area contributed by atoms with Crippen molar-refractivity contribution in [3.05, 3.63) is 23.2 Å². The van der Waals surface area contributed by atoms with Gasteiger partial charge in [-0.3, -0.25) is 0 Å². The molecule has 7 heteroatoms. The van der Waals surface area contributed by atoms with E-state index in [4.69, 9.17) is 18.3 Å². The number of hydrogen-bond donors (Lipinski definition) is 1. The third-order valence-electron chi connectivity index (χ3n) is 10.5. The molecule has 37 heavy (non-hydrogen) atoms. The Labute approximate surface area is 229 Å². The Morgan fingerprint density at radius 3 is 1.92 bits per heavy atom. The highest BCUT2D eigenvalue weighted by Crippen LogP contribution is 2.61. The van der Waals surface area contributed by atoms with Crippen LogP contribution >= 0.6 is 0 Å². The molecule has 214 valence electrons. The van der Waals surface area contributed by atoms with Crippen molar-refractivity contribution in [1.82, 2.24) is 0 Å². The third-order valence-corrected chi connectivity index (χ3v) is 19.5. The van der Waals surface area contributed by atoms with Crippen LogP contribution in [0.1, 0.15) is 82.1 Å². The molecule has 0 aromatic carbocycles. The maximum absolute atomic E-state index is 12.4. The first kappa shape index (κ1) is 30.9. The first-order valence-corrected chi connectivity index (χ1v) is 20.0. The van der Waals surface area contributed by atoms with E-state index < -0.39 is 22.2 Å². The third kappa shape index (κ3) is 5.41. The zero-order valence-electron chi connectivity index (χ0n) is 26.5. The second kappa shape index (κ2) is 9.50. The van der Waals surface area contributed by atoms with Crippen LogP contribution in [0.3, 0.4) is 0 Å². The minimum Gasteiger partial charge on any atom is -0.501 e. The number of fused-ring (bicyclic) bond motifs is 2. The zero-order chi connectivity index (χ0) is 28.6. The minimum absolute atomic E-state index is 0.0535.